The Balaban J connectivity index is 2.14. The fraction of sp³-hybridized carbons (Fsp3) is 0.562. The molecule has 1 N–H and O–H groups in total. The highest BCUT2D eigenvalue weighted by molar-refractivity contribution is 5.95. The largest absolute Gasteiger partial charge is 0.379 e. The Morgan fingerprint density at radius 1 is 1.30 bits per heavy atom. The predicted octanol–water partition coefficient (Wildman–Crippen LogP) is 1.97. The first kappa shape index (κ1) is 15.0. The zero-order valence-corrected chi connectivity index (χ0v) is 12.6. The van der Waals surface area contributed by atoms with Crippen molar-refractivity contribution in [1.82, 2.24) is 5.32 Å². The van der Waals surface area contributed by atoms with Gasteiger partial charge >= 0.3 is 0 Å². The Bertz CT molecular complexity index is 444. The Labute approximate surface area is 121 Å². The number of rotatable bonds is 5. The third-order valence-corrected chi connectivity index (χ3v) is 3.79. The van der Waals surface area contributed by atoms with Crippen LogP contribution in [0.5, 0.6) is 0 Å². The first-order valence-corrected chi connectivity index (χ1v) is 7.36. The predicted molar refractivity (Wildman–Crippen MR) is 81.0 cm³/mol. The van der Waals surface area contributed by atoms with Crippen molar-refractivity contribution in [1.29, 1.82) is 0 Å². The maximum absolute atomic E-state index is 12.8. The van der Waals surface area contributed by atoms with E-state index in [4.69, 9.17) is 4.74 Å². The van der Waals surface area contributed by atoms with Gasteiger partial charge in [-0.3, -0.25) is 4.79 Å². The summed E-state index contributed by atoms with van der Waals surface area (Å²) < 4.78 is 5.48. The SMILES string of the molecule is CCNC1COCC1C(=O)N(CC)c1ccc(C)cc1. The molecule has 1 aliphatic heterocycles. The molecule has 4 nitrogen and oxygen atoms in total. The van der Waals surface area contributed by atoms with Crippen LogP contribution in [0.4, 0.5) is 5.69 Å². The van der Waals surface area contributed by atoms with Crippen molar-refractivity contribution in [2.75, 3.05) is 31.2 Å². The van der Waals surface area contributed by atoms with Crippen molar-refractivity contribution in [3.05, 3.63) is 29.8 Å². The van der Waals surface area contributed by atoms with Crippen molar-refractivity contribution in [3.63, 3.8) is 0 Å². The van der Waals surface area contributed by atoms with E-state index in [1.54, 1.807) is 0 Å². The molecule has 1 fully saturated rings. The number of likely N-dealkylation sites (N-methyl/N-ethyl adjacent to an activating group) is 1. The molecule has 2 rings (SSSR count). The van der Waals surface area contributed by atoms with Crippen LogP contribution in [0.2, 0.25) is 0 Å². The zero-order valence-electron chi connectivity index (χ0n) is 12.6. The van der Waals surface area contributed by atoms with E-state index in [0.29, 0.717) is 19.8 Å². The van der Waals surface area contributed by atoms with E-state index in [1.807, 2.05) is 43.0 Å². The Morgan fingerprint density at radius 2 is 2.00 bits per heavy atom. The van der Waals surface area contributed by atoms with Crippen LogP contribution < -0.4 is 10.2 Å². The number of carbonyl (C=O) groups is 1. The Kier molecular flexibility index (Phi) is 5.15. The lowest BCUT2D eigenvalue weighted by Gasteiger charge is -2.27. The molecule has 1 aliphatic rings. The molecule has 2 unspecified atom stereocenters. The van der Waals surface area contributed by atoms with Crippen LogP contribution in [0.1, 0.15) is 19.4 Å². The summed E-state index contributed by atoms with van der Waals surface area (Å²) in [4.78, 5) is 14.6. The Hall–Kier alpha value is -1.39. The first-order valence-electron chi connectivity index (χ1n) is 7.36. The second-order valence-electron chi connectivity index (χ2n) is 5.23. The molecule has 1 aromatic carbocycles. The van der Waals surface area contributed by atoms with Gasteiger partial charge in [0.1, 0.15) is 0 Å². The van der Waals surface area contributed by atoms with Gasteiger partial charge in [0, 0.05) is 18.3 Å². The number of nitrogens with zero attached hydrogens (tertiary/aromatic N) is 1. The summed E-state index contributed by atoms with van der Waals surface area (Å²) in [7, 11) is 0. The average Bonchev–Trinajstić information content (AvgIpc) is 2.90. The van der Waals surface area contributed by atoms with Gasteiger partial charge in [-0.05, 0) is 32.5 Å². The topological polar surface area (TPSA) is 41.6 Å². The van der Waals surface area contributed by atoms with Crippen LogP contribution in [0, 0.1) is 12.8 Å². The summed E-state index contributed by atoms with van der Waals surface area (Å²) in [5.74, 6) is 0.0657. The molecule has 0 saturated carbocycles. The smallest absolute Gasteiger partial charge is 0.234 e. The maximum atomic E-state index is 12.8. The lowest BCUT2D eigenvalue weighted by Crippen LogP contribution is -2.46. The number of benzene rings is 1. The number of nitrogens with one attached hydrogen (secondary N) is 1. The molecule has 1 heterocycles. The second-order valence-corrected chi connectivity index (χ2v) is 5.23. The number of aryl methyl sites for hydroxylation is 1. The lowest BCUT2D eigenvalue weighted by atomic mass is 10.0. The van der Waals surface area contributed by atoms with Crippen LogP contribution in [-0.2, 0) is 9.53 Å². The quantitative estimate of drug-likeness (QED) is 0.894. The minimum absolute atomic E-state index is 0.0868. The number of anilines is 1. The monoisotopic (exact) mass is 276 g/mol. The highest BCUT2D eigenvalue weighted by Gasteiger charge is 2.36. The van der Waals surface area contributed by atoms with E-state index < -0.39 is 0 Å². The summed E-state index contributed by atoms with van der Waals surface area (Å²) in [6.07, 6.45) is 0. The van der Waals surface area contributed by atoms with E-state index in [9.17, 15) is 4.79 Å². The van der Waals surface area contributed by atoms with Crippen molar-refractivity contribution in [2.24, 2.45) is 5.92 Å². The van der Waals surface area contributed by atoms with Gasteiger partial charge in [-0.25, -0.2) is 0 Å². The summed E-state index contributed by atoms with van der Waals surface area (Å²) in [6.45, 7) is 8.78. The molecule has 2 atom stereocenters. The lowest BCUT2D eigenvalue weighted by molar-refractivity contribution is -0.122. The van der Waals surface area contributed by atoms with Crippen LogP contribution in [0.15, 0.2) is 24.3 Å². The van der Waals surface area contributed by atoms with E-state index in [1.165, 1.54) is 5.56 Å². The minimum Gasteiger partial charge on any atom is -0.379 e. The number of carbonyl (C=O) groups excluding carboxylic acids is 1. The van der Waals surface area contributed by atoms with Crippen LogP contribution in [-0.4, -0.2) is 38.3 Å². The molecule has 1 aromatic rings. The molecule has 4 heteroatoms. The minimum atomic E-state index is -0.0868. The molecular weight excluding hydrogens is 252 g/mol. The maximum Gasteiger partial charge on any atom is 0.234 e. The third-order valence-electron chi connectivity index (χ3n) is 3.79. The van der Waals surface area contributed by atoms with Gasteiger partial charge in [-0.2, -0.15) is 0 Å². The molecule has 1 amide bonds. The third kappa shape index (κ3) is 3.19. The molecule has 20 heavy (non-hydrogen) atoms. The number of ether oxygens (including phenoxy) is 1. The number of amides is 1. The van der Waals surface area contributed by atoms with Gasteiger partial charge in [-0.1, -0.05) is 24.6 Å². The molecule has 0 bridgehead atoms. The number of hydrogen-bond donors (Lipinski definition) is 1. The van der Waals surface area contributed by atoms with Gasteiger partial charge in [0.2, 0.25) is 5.91 Å². The van der Waals surface area contributed by atoms with Crippen molar-refractivity contribution < 1.29 is 9.53 Å². The zero-order chi connectivity index (χ0) is 14.5. The van der Waals surface area contributed by atoms with Gasteiger partial charge in [0.15, 0.2) is 0 Å². The molecule has 0 spiro atoms. The standard InChI is InChI=1S/C16H24N2O2/c1-4-17-15-11-20-10-14(15)16(19)18(5-2)13-8-6-12(3)7-9-13/h6-9,14-15,17H,4-5,10-11H2,1-3H3. The van der Waals surface area contributed by atoms with E-state index >= 15 is 0 Å². The molecule has 110 valence electrons. The van der Waals surface area contributed by atoms with Crippen LogP contribution in [0.25, 0.3) is 0 Å². The number of hydrogen-bond acceptors (Lipinski definition) is 3. The van der Waals surface area contributed by atoms with Gasteiger partial charge in [-0.15, -0.1) is 0 Å². The van der Waals surface area contributed by atoms with Gasteiger partial charge in [0.05, 0.1) is 19.1 Å². The second kappa shape index (κ2) is 6.86. The molecular formula is C16H24N2O2. The molecule has 0 aliphatic carbocycles. The van der Waals surface area contributed by atoms with Gasteiger partial charge < -0.3 is 15.0 Å². The first-order chi connectivity index (χ1) is 9.67. The summed E-state index contributed by atoms with van der Waals surface area (Å²) in [6, 6.07) is 8.23. The fourth-order valence-corrected chi connectivity index (χ4v) is 2.65. The highest BCUT2D eigenvalue weighted by Crippen LogP contribution is 2.22. The van der Waals surface area contributed by atoms with E-state index in [2.05, 4.69) is 12.2 Å². The molecule has 0 radical (unpaired) electrons. The summed E-state index contributed by atoms with van der Waals surface area (Å²) in [5.41, 5.74) is 2.16. The van der Waals surface area contributed by atoms with Gasteiger partial charge in [0.25, 0.3) is 0 Å². The molecule has 1 saturated heterocycles. The fourth-order valence-electron chi connectivity index (χ4n) is 2.65. The average molecular weight is 276 g/mol. The molecule has 0 aromatic heterocycles. The van der Waals surface area contributed by atoms with Crippen molar-refractivity contribution in [3.8, 4) is 0 Å². The summed E-state index contributed by atoms with van der Waals surface area (Å²) in [5, 5.41) is 3.34. The highest BCUT2D eigenvalue weighted by atomic mass is 16.5. The van der Waals surface area contributed by atoms with Crippen molar-refractivity contribution >= 4 is 11.6 Å². The van der Waals surface area contributed by atoms with Crippen LogP contribution >= 0.6 is 0 Å². The normalized spacial score (nSPS) is 21.9. The van der Waals surface area contributed by atoms with E-state index in [-0.39, 0.29) is 17.9 Å². The van der Waals surface area contributed by atoms with E-state index in [0.717, 1.165) is 12.2 Å². The van der Waals surface area contributed by atoms with Crippen LogP contribution in [0.3, 0.4) is 0 Å². The van der Waals surface area contributed by atoms with Crippen molar-refractivity contribution in [2.45, 2.75) is 26.8 Å². The Morgan fingerprint density at radius 3 is 2.60 bits per heavy atom. The summed E-state index contributed by atoms with van der Waals surface area (Å²) >= 11 is 0.